The van der Waals surface area contributed by atoms with Crippen LogP contribution in [0.1, 0.15) is 60.5 Å². The Bertz CT molecular complexity index is 519. The molecule has 1 aromatic carbocycles. The Kier molecular flexibility index (Phi) is 6.63. The van der Waals surface area contributed by atoms with Crippen molar-refractivity contribution in [2.24, 2.45) is 5.41 Å². The molecule has 0 aliphatic carbocycles. The van der Waals surface area contributed by atoms with Gasteiger partial charge in [0.2, 0.25) is 0 Å². The van der Waals surface area contributed by atoms with Gasteiger partial charge in [-0.15, -0.1) is 0 Å². The van der Waals surface area contributed by atoms with Crippen LogP contribution in [0.15, 0.2) is 47.8 Å². The van der Waals surface area contributed by atoms with Gasteiger partial charge in [-0.2, -0.15) is 0 Å². The molecule has 1 aromatic rings. The van der Waals surface area contributed by atoms with Gasteiger partial charge in [-0.3, -0.25) is 0 Å². The minimum atomic E-state index is -0.261. The second-order valence-corrected chi connectivity index (χ2v) is 10.4. The molecule has 0 fully saturated rings. The summed E-state index contributed by atoms with van der Waals surface area (Å²) in [5.74, 6) is 0. The molecule has 0 spiro atoms. The van der Waals surface area contributed by atoms with Crippen LogP contribution in [0.3, 0.4) is 0 Å². The Hall–Kier alpha value is -0.870. The maximum Gasteiger partial charge on any atom is -0.0132 e. The normalized spacial score (nSPS) is 15.4. The highest BCUT2D eigenvalue weighted by Gasteiger charge is 2.15. The molecule has 0 aromatic heterocycles. The number of benzene rings is 1. The SMILES string of the molecule is C/C=C(\C=C/CC(C)(C)C)P(C)c1ccc(C(C)(C)C)cc1. The summed E-state index contributed by atoms with van der Waals surface area (Å²) in [7, 11) is -0.261. The lowest BCUT2D eigenvalue weighted by Crippen LogP contribution is -2.12. The summed E-state index contributed by atoms with van der Waals surface area (Å²) in [4.78, 5) is 0. The Morgan fingerprint density at radius 1 is 1.00 bits per heavy atom. The van der Waals surface area contributed by atoms with Gasteiger partial charge in [0, 0.05) is 0 Å². The Labute approximate surface area is 139 Å². The fourth-order valence-corrected chi connectivity index (χ4v) is 3.88. The van der Waals surface area contributed by atoms with Crippen LogP contribution in [-0.4, -0.2) is 6.66 Å². The molecule has 0 aliphatic heterocycles. The van der Waals surface area contributed by atoms with Crippen LogP contribution in [0, 0.1) is 5.41 Å². The minimum absolute atomic E-state index is 0.227. The maximum absolute atomic E-state index is 2.36. The first-order valence-corrected chi connectivity index (χ1v) is 10.0. The average Bonchev–Trinajstić information content (AvgIpc) is 2.41. The number of rotatable bonds is 4. The van der Waals surface area contributed by atoms with Crippen molar-refractivity contribution in [3.63, 3.8) is 0 Å². The lowest BCUT2D eigenvalue weighted by Gasteiger charge is -2.21. The molecule has 0 N–H and O–H groups in total. The van der Waals surface area contributed by atoms with Crippen LogP contribution >= 0.6 is 7.92 Å². The molecule has 0 radical (unpaired) electrons. The zero-order valence-electron chi connectivity index (χ0n) is 15.7. The smallest absolute Gasteiger partial charge is 0.0132 e. The molecule has 0 amide bonds. The van der Waals surface area contributed by atoms with Crippen LogP contribution < -0.4 is 5.30 Å². The van der Waals surface area contributed by atoms with Crippen molar-refractivity contribution in [2.45, 2.75) is 60.3 Å². The molecule has 0 nitrogen and oxygen atoms in total. The van der Waals surface area contributed by atoms with Crippen LogP contribution in [0.2, 0.25) is 0 Å². The monoisotopic (exact) mass is 316 g/mol. The molecule has 0 saturated heterocycles. The van der Waals surface area contributed by atoms with E-state index in [-0.39, 0.29) is 13.3 Å². The number of allylic oxidation sites excluding steroid dienone is 4. The summed E-state index contributed by atoms with van der Waals surface area (Å²) in [5, 5.41) is 2.92. The van der Waals surface area contributed by atoms with E-state index in [9.17, 15) is 0 Å². The molecule has 22 heavy (non-hydrogen) atoms. The summed E-state index contributed by atoms with van der Waals surface area (Å²) in [5.41, 5.74) is 2.00. The van der Waals surface area contributed by atoms with E-state index in [4.69, 9.17) is 0 Å². The zero-order chi connectivity index (χ0) is 17.0. The largest absolute Gasteiger partial charge is 0.0834 e. The predicted octanol–water partition coefficient (Wildman–Crippen LogP) is 6.62. The lowest BCUT2D eigenvalue weighted by atomic mass is 9.87. The Morgan fingerprint density at radius 3 is 1.95 bits per heavy atom. The van der Waals surface area contributed by atoms with Crippen molar-refractivity contribution in [3.05, 3.63) is 53.4 Å². The van der Waals surface area contributed by atoms with Gasteiger partial charge >= 0.3 is 0 Å². The third-order valence-electron chi connectivity index (χ3n) is 3.82. The van der Waals surface area contributed by atoms with Crippen LogP contribution in [0.5, 0.6) is 0 Å². The van der Waals surface area contributed by atoms with Crippen molar-refractivity contribution >= 4 is 13.2 Å². The zero-order valence-corrected chi connectivity index (χ0v) is 16.6. The van der Waals surface area contributed by atoms with Gasteiger partial charge in [0.15, 0.2) is 0 Å². The van der Waals surface area contributed by atoms with Crippen LogP contribution in [0.25, 0.3) is 0 Å². The van der Waals surface area contributed by atoms with Crippen molar-refractivity contribution < 1.29 is 0 Å². The number of hydrogen-bond acceptors (Lipinski definition) is 0. The standard InChI is InChI=1S/C21H33P/c1-9-18(11-10-16-20(2,3)4)22(8)19-14-12-17(13-15-19)21(5,6)7/h9-15H,16H2,1-8H3/b11-10-,18-9+. The molecule has 0 saturated carbocycles. The summed E-state index contributed by atoms with van der Waals surface area (Å²) < 4.78 is 0. The summed E-state index contributed by atoms with van der Waals surface area (Å²) >= 11 is 0. The van der Waals surface area contributed by atoms with Crippen molar-refractivity contribution in [1.82, 2.24) is 0 Å². The highest BCUT2D eigenvalue weighted by atomic mass is 31.1. The first-order chi connectivity index (χ1) is 10.0. The van der Waals surface area contributed by atoms with Gasteiger partial charge in [0.25, 0.3) is 0 Å². The highest BCUT2D eigenvalue weighted by Crippen LogP contribution is 2.41. The van der Waals surface area contributed by atoms with Gasteiger partial charge in [-0.1, -0.05) is 84.0 Å². The molecule has 0 heterocycles. The molecule has 1 heteroatoms. The van der Waals surface area contributed by atoms with E-state index < -0.39 is 0 Å². The van der Waals surface area contributed by atoms with E-state index in [0.29, 0.717) is 5.41 Å². The second kappa shape index (κ2) is 7.60. The number of hydrogen-bond donors (Lipinski definition) is 0. The molecule has 0 aliphatic rings. The third kappa shape index (κ3) is 6.09. The highest BCUT2D eigenvalue weighted by molar-refractivity contribution is 7.69. The van der Waals surface area contributed by atoms with Gasteiger partial charge in [0.1, 0.15) is 0 Å². The van der Waals surface area contributed by atoms with E-state index in [1.807, 2.05) is 0 Å². The van der Waals surface area contributed by atoms with Gasteiger partial charge in [-0.25, -0.2) is 0 Å². The predicted molar refractivity (Wildman–Crippen MR) is 105 cm³/mol. The summed E-state index contributed by atoms with van der Waals surface area (Å²) in [6, 6.07) is 9.21. The van der Waals surface area contributed by atoms with E-state index in [1.165, 1.54) is 16.2 Å². The Morgan fingerprint density at radius 2 is 1.55 bits per heavy atom. The van der Waals surface area contributed by atoms with Gasteiger partial charge < -0.3 is 0 Å². The van der Waals surface area contributed by atoms with Gasteiger partial charge in [-0.05, 0) is 54.9 Å². The second-order valence-electron chi connectivity index (χ2n) is 8.24. The van der Waals surface area contributed by atoms with E-state index in [2.05, 4.69) is 97.6 Å². The lowest BCUT2D eigenvalue weighted by molar-refractivity contribution is 0.420. The molecule has 1 atom stereocenters. The summed E-state index contributed by atoms with van der Waals surface area (Å²) in [6.07, 6.45) is 8.05. The van der Waals surface area contributed by atoms with Gasteiger partial charge in [0.05, 0.1) is 0 Å². The first kappa shape index (κ1) is 19.2. The van der Waals surface area contributed by atoms with Crippen LogP contribution in [0.4, 0.5) is 0 Å². The maximum atomic E-state index is 2.36. The van der Waals surface area contributed by atoms with Crippen molar-refractivity contribution in [2.75, 3.05) is 6.66 Å². The molecule has 122 valence electrons. The van der Waals surface area contributed by atoms with E-state index >= 15 is 0 Å². The topological polar surface area (TPSA) is 0 Å². The van der Waals surface area contributed by atoms with Crippen LogP contribution in [-0.2, 0) is 5.41 Å². The molecule has 1 unspecified atom stereocenters. The van der Waals surface area contributed by atoms with Crippen molar-refractivity contribution in [1.29, 1.82) is 0 Å². The van der Waals surface area contributed by atoms with Crippen molar-refractivity contribution in [3.8, 4) is 0 Å². The fraction of sp³-hybridized carbons (Fsp3) is 0.524. The molecule has 0 bridgehead atoms. The average molecular weight is 316 g/mol. The molecular formula is C21H33P. The summed E-state index contributed by atoms with van der Waals surface area (Å²) in [6.45, 7) is 18.2. The minimum Gasteiger partial charge on any atom is -0.0834 e. The van der Waals surface area contributed by atoms with E-state index in [0.717, 1.165) is 6.42 Å². The van der Waals surface area contributed by atoms with E-state index in [1.54, 1.807) is 0 Å². The quantitative estimate of drug-likeness (QED) is 0.432. The first-order valence-electron chi connectivity index (χ1n) is 8.22. The Balaban J connectivity index is 2.87. The molecule has 1 rings (SSSR count). The fourth-order valence-electron chi connectivity index (χ4n) is 2.27. The third-order valence-corrected chi connectivity index (χ3v) is 6.08. The molecular weight excluding hydrogens is 283 g/mol.